The highest BCUT2D eigenvalue weighted by molar-refractivity contribution is 8.77. The van der Waals surface area contributed by atoms with Gasteiger partial charge in [-0.3, -0.25) is 0 Å². The predicted molar refractivity (Wildman–Crippen MR) is 128 cm³/mol. The largest absolute Gasteiger partial charge is 0.382 e. The van der Waals surface area contributed by atoms with E-state index in [1.807, 2.05) is 10.8 Å². The molecule has 0 atom stereocenters. The fourth-order valence-corrected chi connectivity index (χ4v) is 5.23. The van der Waals surface area contributed by atoms with E-state index >= 15 is 0 Å². The molecule has 1 aromatic rings. The smallest absolute Gasteiger partial charge is 0.0713 e. The highest BCUT2D eigenvalue weighted by Crippen LogP contribution is 2.35. The monoisotopic (exact) mass is 465 g/mol. The van der Waals surface area contributed by atoms with Crippen molar-refractivity contribution in [2.45, 2.75) is 31.1 Å². The second-order valence-electron chi connectivity index (χ2n) is 7.22. The molecule has 0 amide bonds. The number of ether oxygens (including phenoxy) is 4. The molecule has 0 aliphatic rings. The molecule has 29 heavy (non-hydrogen) atoms. The Kier molecular flexibility index (Phi) is 14.5. The molecular formula is C21H36ClNO4S2. The molecule has 0 aliphatic carbocycles. The summed E-state index contributed by atoms with van der Waals surface area (Å²) >= 11 is 6.14. The third kappa shape index (κ3) is 11.7. The van der Waals surface area contributed by atoms with Crippen LogP contribution in [0.4, 0.5) is 5.69 Å². The highest BCUT2D eigenvalue weighted by atomic mass is 35.5. The fourth-order valence-electron chi connectivity index (χ4n) is 2.90. The first-order valence-corrected chi connectivity index (χ1v) is 12.8. The molecule has 5 nitrogen and oxygen atoms in total. The van der Waals surface area contributed by atoms with E-state index in [4.69, 9.17) is 30.5 Å². The van der Waals surface area contributed by atoms with Crippen molar-refractivity contribution in [3.8, 4) is 0 Å². The quantitative estimate of drug-likeness (QED) is 0.185. The number of hydrogen-bond acceptors (Lipinski definition) is 7. The van der Waals surface area contributed by atoms with E-state index in [-0.39, 0.29) is 4.75 Å². The van der Waals surface area contributed by atoms with Gasteiger partial charge < -0.3 is 23.8 Å². The summed E-state index contributed by atoms with van der Waals surface area (Å²) in [6.45, 7) is 9.83. The summed E-state index contributed by atoms with van der Waals surface area (Å²) in [5.74, 6) is 0.483. The maximum absolute atomic E-state index is 6.14. The minimum atomic E-state index is 0.0983. The molecule has 0 heterocycles. The van der Waals surface area contributed by atoms with Gasteiger partial charge in [0, 0.05) is 43.6 Å². The van der Waals surface area contributed by atoms with Gasteiger partial charge in [0.05, 0.1) is 39.6 Å². The molecular weight excluding hydrogens is 430 g/mol. The maximum Gasteiger partial charge on any atom is 0.0713 e. The Hall–Kier alpha value is -0.150. The van der Waals surface area contributed by atoms with Gasteiger partial charge in [-0.05, 0) is 43.4 Å². The Bertz CT molecular complexity index is 563. The van der Waals surface area contributed by atoms with Crippen LogP contribution in [-0.4, -0.2) is 71.3 Å². The van der Waals surface area contributed by atoms with Gasteiger partial charge in [0.1, 0.15) is 0 Å². The summed E-state index contributed by atoms with van der Waals surface area (Å²) in [5, 5.41) is 0. The van der Waals surface area contributed by atoms with Crippen molar-refractivity contribution in [1.82, 2.24) is 0 Å². The second-order valence-corrected chi connectivity index (χ2v) is 10.6. The van der Waals surface area contributed by atoms with Gasteiger partial charge in [-0.15, -0.1) is 11.6 Å². The molecule has 0 bridgehead atoms. The van der Waals surface area contributed by atoms with Crippen molar-refractivity contribution in [3.05, 3.63) is 29.3 Å². The minimum absolute atomic E-state index is 0.0983. The van der Waals surface area contributed by atoms with Crippen molar-refractivity contribution < 1.29 is 18.9 Å². The Morgan fingerprint density at radius 1 is 0.931 bits per heavy atom. The summed E-state index contributed by atoms with van der Waals surface area (Å²) in [6.07, 6.45) is 2.12. The van der Waals surface area contributed by atoms with Crippen LogP contribution in [-0.2, 0) is 31.4 Å². The maximum atomic E-state index is 6.14. The van der Waals surface area contributed by atoms with Crippen molar-refractivity contribution in [3.63, 3.8) is 0 Å². The van der Waals surface area contributed by atoms with Crippen molar-refractivity contribution in [1.29, 1.82) is 0 Å². The summed E-state index contributed by atoms with van der Waals surface area (Å²) in [5.41, 5.74) is 3.39. The van der Waals surface area contributed by atoms with Crippen LogP contribution in [0.25, 0.3) is 0 Å². The van der Waals surface area contributed by atoms with Crippen LogP contribution in [0.15, 0.2) is 18.2 Å². The zero-order chi connectivity index (χ0) is 21.5. The average molecular weight is 466 g/mol. The summed E-state index contributed by atoms with van der Waals surface area (Å²) in [7, 11) is 7.07. The lowest BCUT2D eigenvalue weighted by Crippen LogP contribution is -2.38. The zero-order valence-electron chi connectivity index (χ0n) is 18.4. The molecule has 0 N–H and O–H groups in total. The number of alkyl halides is 1. The van der Waals surface area contributed by atoms with Crippen LogP contribution < -0.4 is 4.90 Å². The summed E-state index contributed by atoms with van der Waals surface area (Å²) < 4.78 is 21.7. The molecule has 0 aliphatic heterocycles. The van der Waals surface area contributed by atoms with Crippen LogP contribution >= 0.6 is 33.2 Å². The first-order chi connectivity index (χ1) is 14.0. The van der Waals surface area contributed by atoms with E-state index in [0.717, 1.165) is 29.9 Å². The first kappa shape index (κ1) is 26.9. The first-order valence-electron chi connectivity index (χ1n) is 9.74. The van der Waals surface area contributed by atoms with Gasteiger partial charge in [0.2, 0.25) is 0 Å². The Balaban J connectivity index is 2.77. The normalized spacial score (nSPS) is 11.8. The van der Waals surface area contributed by atoms with Gasteiger partial charge in [-0.2, -0.15) is 0 Å². The fraction of sp³-hybridized carbons (Fsp3) is 0.714. The highest BCUT2D eigenvalue weighted by Gasteiger charge is 2.23. The molecule has 0 aromatic heterocycles. The molecule has 0 saturated carbocycles. The van der Waals surface area contributed by atoms with E-state index in [1.165, 1.54) is 0 Å². The molecule has 8 heteroatoms. The predicted octanol–water partition coefficient (Wildman–Crippen LogP) is 4.85. The third-order valence-corrected chi connectivity index (χ3v) is 6.97. The molecule has 0 radical (unpaired) electrons. The van der Waals surface area contributed by atoms with Gasteiger partial charge in [0.25, 0.3) is 0 Å². The van der Waals surface area contributed by atoms with Crippen LogP contribution in [0, 0.1) is 0 Å². The number of hydrogen-bond donors (Lipinski definition) is 0. The van der Waals surface area contributed by atoms with Gasteiger partial charge in [-0.25, -0.2) is 0 Å². The van der Waals surface area contributed by atoms with E-state index in [0.29, 0.717) is 45.5 Å². The molecule has 1 aromatic carbocycles. The number of rotatable bonds is 17. The van der Waals surface area contributed by atoms with Crippen molar-refractivity contribution in [2.24, 2.45) is 0 Å². The van der Waals surface area contributed by atoms with E-state index in [1.54, 1.807) is 25.0 Å². The molecule has 0 saturated heterocycles. The lowest BCUT2D eigenvalue weighted by Gasteiger charge is -2.33. The van der Waals surface area contributed by atoms with Crippen LogP contribution in [0.5, 0.6) is 0 Å². The van der Waals surface area contributed by atoms with Crippen LogP contribution in [0.2, 0.25) is 0 Å². The average Bonchev–Trinajstić information content (AvgIpc) is 2.69. The number of anilines is 1. The summed E-state index contributed by atoms with van der Waals surface area (Å²) in [4.78, 5) is 2.38. The number of nitrogens with zero attached hydrogens (tertiary/aromatic N) is 1. The standard InChI is InChI=1S/C21H36ClNO4S2/c1-21(2,29-28-5)17-23(6-7-26-10-11-27-9-8-24-3)20-13-18(15-22)12-19(14-20)16-25-4/h12-14H,6-11,15-17H2,1-5H3. The topological polar surface area (TPSA) is 40.2 Å². The Morgan fingerprint density at radius 3 is 2.21 bits per heavy atom. The Labute approximate surface area is 189 Å². The number of halogens is 1. The van der Waals surface area contributed by atoms with Crippen LogP contribution in [0.1, 0.15) is 25.0 Å². The zero-order valence-corrected chi connectivity index (χ0v) is 20.8. The SMILES string of the molecule is COCCOCCOCCN(CC(C)(C)SSC)c1cc(CCl)cc(COC)c1. The lowest BCUT2D eigenvalue weighted by molar-refractivity contribution is 0.0264. The molecule has 0 spiro atoms. The van der Waals surface area contributed by atoms with E-state index < -0.39 is 0 Å². The van der Waals surface area contributed by atoms with Gasteiger partial charge in [0.15, 0.2) is 0 Å². The minimum Gasteiger partial charge on any atom is -0.382 e. The van der Waals surface area contributed by atoms with Gasteiger partial charge in [-0.1, -0.05) is 27.7 Å². The molecule has 168 valence electrons. The number of methoxy groups -OCH3 is 2. The van der Waals surface area contributed by atoms with Gasteiger partial charge >= 0.3 is 0 Å². The summed E-state index contributed by atoms with van der Waals surface area (Å²) in [6, 6.07) is 6.46. The lowest BCUT2D eigenvalue weighted by atomic mass is 10.1. The number of benzene rings is 1. The molecule has 0 unspecified atom stereocenters. The van der Waals surface area contributed by atoms with Crippen molar-refractivity contribution in [2.75, 3.05) is 71.5 Å². The van der Waals surface area contributed by atoms with Crippen LogP contribution in [0.3, 0.4) is 0 Å². The molecule has 1 rings (SSSR count). The third-order valence-electron chi connectivity index (χ3n) is 4.06. The second kappa shape index (κ2) is 15.6. The molecule has 0 fully saturated rings. The van der Waals surface area contributed by atoms with E-state index in [9.17, 15) is 0 Å². The Morgan fingerprint density at radius 2 is 1.59 bits per heavy atom. The van der Waals surface area contributed by atoms with Crippen molar-refractivity contribution >= 4 is 38.9 Å². The van der Waals surface area contributed by atoms with E-state index in [2.05, 4.69) is 43.2 Å².